The van der Waals surface area contributed by atoms with E-state index in [0.29, 0.717) is 27.6 Å². The van der Waals surface area contributed by atoms with E-state index in [1.54, 1.807) is 30.8 Å². The van der Waals surface area contributed by atoms with Gasteiger partial charge in [-0.3, -0.25) is 24.0 Å². The quantitative estimate of drug-likeness (QED) is 0.364. The lowest BCUT2D eigenvalue weighted by Crippen LogP contribution is -2.37. The molecule has 10 nitrogen and oxygen atoms in total. The second kappa shape index (κ2) is 6.91. The summed E-state index contributed by atoms with van der Waals surface area (Å²) in [5, 5.41) is 11.7. The number of methoxy groups -OCH3 is 1. The van der Waals surface area contributed by atoms with Gasteiger partial charge in [-0.25, -0.2) is 9.78 Å². The zero-order valence-electron chi connectivity index (χ0n) is 15.1. The summed E-state index contributed by atoms with van der Waals surface area (Å²) in [4.78, 5) is 39.5. The third-order valence-corrected chi connectivity index (χ3v) is 5.34. The molecule has 0 N–H and O–H groups in total. The smallest absolute Gasteiger partial charge is 0.332 e. The van der Waals surface area contributed by atoms with Crippen LogP contribution in [-0.4, -0.2) is 30.7 Å². The number of thioether (sulfide) groups is 1. The Morgan fingerprint density at radius 3 is 2.52 bits per heavy atom. The van der Waals surface area contributed by atoms with E-state index in [2.05, 4.69) is 4.98 Å². The monoisotopic (exact) mass is 391 g/mol. The number of imidazole rings is 1. The van der Waals surface area contributed by atoms with Crippen molar-refractivity contribution in [2.45, 2.75) is 10.9 Å². The molecule has 0 bridgehead atoms. The molecular weight excluding hydrogens is 374 g/mol. The molecule has 142 valence electrons. The lowest BCUT2D eigenvalue weighted by molar-refractivity contribution is -0.385. The Morgan fingerprint density at radius 1 is 1.19 bits per heavy atom. The molecule has 0 spiro atoms. The molecule has 0 aliphatic carbocycles. The molecule has 0 saturated heterocycles. The Labute approximate surface area is 157 Å². The van der Waals surface area contributed by atoms with Gasteiger partial charge in [0.1, 0.15) is 0 Å². The molecule has 3 aromatic rings. The van der Waals surface area contributed by atoms with Crippen LogP contribution in [-0.2, 0) is 26.9 Å². The van der Waals surface area contributed by atoms with Crippen LogP contribution in [0.2, 0.25) is 0 Å². The van der Waals surface area contributed by atoms with E-state index in [1.807, 2.05) is 0 Å². The molecule has 0 saturated carbocycles. The molecule has 2 aromatic heterocycles. The van der Waals surface area contributed by atoms with Crippen molar-refractivity contribution in [1.82, 2.24) is 18.7 Å². The molecule has 0 aliphatic rings. The SMILES string of the molecule is COc1ccc(CSc2nc3c(c(=O)n(C)c(=O)n3C)n2C)cc1[N+](=O)[O-]. The summed E-state index contributed by atoms with van der Waals surface area (Å²) < 4.78 is 8.97. The van der Waals surface area contributed by atoms with Crippen LogP contribution >= 0.6 is 11.8 Å². The van der Waals surface area contributed by atoms with Gasteiger partial charge in [-0.05, 0) is 11.6 Å². The number of nitro groups is 1. The van der Waals surface area contributed by atoms with Crippen LogP contribution in [0, 0.1) is 10.1 Å². The summed E-state index contributed by atoms with van der Waals surface area (Å²) in [5.74, 6) is 0.589. The number of nitro benzene ring substituents is 1. The van der Waals surface area contributed by atoms with Crippen molar-refractivity contribution in [3.8, 4) is 5.75 Å². The molecule has 1 aromatic carbocycles. The number of hydrogen-bond donors (Lipinski definition) is 0. The van der Waals surface area contributed by atoms with Gasteiger partial charge >= 0.3 is 11.4 Å². The number of fused-ring (bicyclic) bond motifs is 1. The highest BCUT2D eigenvalue weighted by atomic mass is 32.2. The van der Waals surface area contributed by atoms with Crippen molar-refractivity contribution in [3.05, 3.63) is 54.7 Å². The van der Waals surface area contributed by atoms with Crippen molar-refractivity contribution >= 4 is 28.6 Å². The average molecular weight is 391 g/mol. The van der Waals surface area contributed by atoms with Gasteiger partial charge in [-0.15, -0.1) is 0 Å². The molecule has 3 rings (SSSR count). The van der Waals surface area contributed by atoms with Gasteiger partial charge in [0, 0.05) is 33.0 Å². The van der Waals surface area contributed by atoms with Crippen LogP contribution < -0.4 is 16.0 Å². The maximum atomic E-state index is 12.4. The first-order valence-corrected chi connectivity index (χ1v) is 8.81. The predicted octanol–water partition coefficient (Wildman–Crippen LogP) is 1.18. The van der Waals surface area contributed by atoms with Crippen LogP contribution in [0.5, 0.6) is 5.75 Å². The first-order chi connectivity index (χ1) is 12.8. The fraction of sp³-hybridized carbons (Fsp3) is 0.312. The van der Waals surface area contributed by atoms with Crippen LogP contribution in [0.4, 0.5) is 5.69 Å². The van der Waals surface area contributed by atoms with E-state index in [-0.39, 0.29) is 11.4 Å². The Morgan fingerprint density at radius 2 is 1.89 bits per heavy atom. The number of nitrogens with zero attached hydrogens (tertiary/aromatic N) is 5. The molecule has 0 aliphatic heterocycles. The zero-order valence-corrected chi connectivity index (χ0v) is 15.9. The number of aryl methyl sites for hydroxylation is 2. The highest BCUT2D eigenvalue weighted by Crippen LogP contribution is 2.30. The minimum Gasteiger partial charge on any atom is -0.490 e. The van der Waals surface area contributed by atoms with Crippen LogP contribution in [0.25, 0.3) is 11.2 Å². The van der Waals surface area contributed by atoms with Gasteiger partial charge in [0.15, 0.2) is 22.1 Å². The van der Waals surface area contributed by atoms with Gasteiger partial charge in [0.2, 0.25) is 0 Å². The van der Waals surface area contributed by atoms with Gasteiger partial charge < -0.3 is 9.30 Å². The van der Waals surface area contributed by atoms with Gasteiger partial charge in [0.05, 0.1) is 12.0 Å². The third kappa shape index (κ3) is 3.10. The Balaban J connectivity index is 1.98. The van der Waals surface area contributed by atoms with Gasteiger partial charge in [-0.1, -0.05) is 17.8 Å². The maximum Gasteiger partial charge on any atom is 0.332 e. The van der Waals surface area contributed by atoms with E-state index >= 15 is 0 Å². The minimum absolute atomic E-state index is 0.114. The first kappa shape index (κ1) is 18.7. The van der Waals surface area contributed by atoms with E-state index < -0.39 is 16.2 Å². The first-order valence-electron chi connectivity index (χ1n) is 7.82. The second-order valence-electron chi connectivity index (χ2n) is 5.88. The van der Waals surface area contributed by atoms with E-state index in [9.17, 15) is 19.7 Å². The van der Waals surface area contributed by atoms with Gasteiger partial charge in [-0.2, -0.15) is 0 Å². The molecule has 0 fully saturated rings. The zero-order chi connectivity index (χ0) is 19.9. The normalized spacial score (nSPS) is 11.1. The highest BCUT2D eigenvalue weighted by molar-refractivity contribution is 7.98. The summed E-state index contributed by atoms with van der Waals surface area (Å²) in [6.45, 7) is 0. The third-order valence-electron chi connectivity index (χ3n) is 4.24. The van der Waals surface area contributed by atoms with Crippen molar-refractivity contribution < 1.29 is 9.66 Å². The Bertz CT molecular complexity index is 1180. The summed E-state index contributed by atoms with van der Waals surface area (Å²) in [5.41, 5.74) is 0.345. The lowest BCUT2D eigenvalue weighted by Gasteiger charge is -2.05. The van der Waals surface area contributed by atoms with E-state index in [1.165, 1.54) is 36.6 Å². The fourth-order valence-corrected chi connectivity index (χ4v) is 3.65. The molecule has 11 heteroatoms. The van der Waals surface area contributed by atoms with Crippen LogP contribution in [0.1, 0.15) is 5.56 Å². The maximum absolute atomic E-state index is 12.4. The summed E-state index contributed by atoms with van der Waals surface area (Å²) in [7, 11) is 6.04. The highest BCUT2D eigenvalue weighted by Gasteiger charge is 2.19. The Hall–Kier alpha value is -3.08. The van der Waals surface area contributed by atoms with Crippen LogP contribution in [0.15, 0.2) is 32.9 Å². The van der Waals surface area contributed by atoms with Gasteiger partial charge in [0.25, 0.3) is 5.56 Å². The van der Waals surface area contributed by atoms with Crippen LogP contribution in [0.3, 0.4) is 0 Å². The lowest BCUT2D eigenvalue weighted by atomic mass is 10.2. The number of ether oxygens (including phenoxy) is 1. The molecular formula is C16H17N5O5S. The fourth-order valence-electron chi connectivity index (χ4n) is 2.74. The molecule has 0 radical (unpaired) electrons. The topological polar surface area (TPSA) is 114 Å². The average Bonchev–Trinajstić information content (AvgIpc) is 2.99. The number of hydrogen-bond acceptors (Lipinski definition) is 7. The molecule has 2 heterocycles. The summed E-state index contributed by atoms with van der Waals surface area (Å²) in [6.07, 6.45) is 0. The van der Waals surface area contributed by atoms with Crippen molar-refractivity contribution in [1.29, 1.82) is 0 Å². The van der Waals surface area contributed by atoms with Crippen molar-refractivity contribution in [3.63, 3.8) is 0 Å². The van der Waals surface area contributed by atoms with E-state index in [0.717, 1.165) is 4.57 Å². The molecule has 27 heavy (non-hydrogen) atoms. The number of aromatic nitrogens is 4. The Kier molecular flexibility index (Phi) is 4.79. The summed E-state index contributed by atoms with van der Waals surface area (Å²) in [6, 6.07) is 4.72. The summed E-state index contributed by atoms with van der Waals surface area (Å²) >= 11 is 1.31. The second-order valence-corrected chi connectivity index (χ2v) is 6.83. The molecule has 0 unspecified atom stereocenters. The largest absolute Gasteiger partial charge is 0.490 e. The van der Waals surface area contributed by atoms with Crippen molar-refractivity contribution in [2.24, 2.45) is 21.1 Å². The minimum atomic E-state index is -0.498. The molecule has 0 atom stereocenters. The van der Waals surface area contributed by atoms with Crippen molar-refractivity contribution in [2.75, 3.05) is 7.11 Å². The predicted molar refractivity (Wildman–Crippen MR) is 100 cm³/mol. The molecule has 0 amide bonds. The standard InChI is InChI=1S/C16H17N5O5S/c1-18-12-13(19(2)16(23)20(3)14(12)22)17-15(18)27-8-9-5-6-11(26-4)10(7-9)21(24)25/h5-7H,8H2,1-4H3. The number of rotatable bonds is 5. The van der Waals surface area contributed by atoms with E-state index in [4.69, 9.17) is 4.74 Å². The number of benzene rings is 1.